The highest BCUT2D eigenvalue weighted by Gasteiger charge is 2.54. The fourth-order valence-corrected chi connectivity index (χ4v) is 8.35. The van der Waals surface area contributed by atoms with Crippen molar-refractivity contribution in [2.45, 2.75) is 65.2 Å². The van der Waals surface area contributed by atoms with Crippen LogP contribution in [0.3, 0.4) is 0 Å². The first-order valence-corrected chi connectivity index (χ1v) is 12.2. The minimum Gasteiger partial charge on any atom is -0.256 e. The number of fused-ring (bicyclic) bond motifs is 6. The molecule has 1 aromatic heterocycles. The largest absolute Gasteiger partial charge is 0.256 e. The van der Waals surface area contributed by atoms with Gasteiger partial charge in [-0.2, -0.15) is 0 Å². The fraction of sp³-hybridized carbons (Fsp3) is 0.607. The molecular formula is C28H35N. The number of aromatic nitrogens is 1. The maximum atomic E-state index is 4.53. The molecule has 4 aliphatic rings. The lowest BCUT2D eigenvalue weighted by Crippen LogP contribution is -2.47. The van der Waals surface area contributed by atoms with Gasteiger partial charge in [0.15, 0.2) is 0 Å². The summed E-state index contributed by atoms with van der Waals surface area (Å²) in [5.41, 5.74) is 4.59. The summed E-state index contributed by atoms with van der Waals surface area (Å²) in [7, 11) is 0. The van der Waals surface area contributed by atoms with E-state index in [2.05, 4.69) is 55.2 Å². The monoisotopic (exact) mass is 385 g/mol. The molecule has 2 aromatic rings. The molecule has 0 spiro atoms. The van der Waals surface area contributed by atoms with Crippen molar-refractivity contribution in [3.8, 4) is 0 Å². The Morgan fingerprint density at radius 1 is 0.966 bits per heavy atom. The maximum absolute atomic E-state index is 4.53. The third kappa shape index (κ3) is 2.76. The molecule has 4 aliphatic carbocycles. The van der Waals surface area contributed by atoms with Gasteiger partial charge in [0, 0.05) is 11.6 Å². The highest BCUT2D eigenvalue weighted by molar-refractivity contribution is 5.85. The Balaban J connectivity index is 1.29. The van der Waals surface area contributed by atoms with E-state index in [1.165, 1.54) is 62.3 Å². The summed E-state index contributed by atoms with van der Waals surface area (Å²) >= 11 is 0. The molecule has 29 heavy (non-hydrogen) atoms. The number of hydrogen-bond donors (Lipinski definition) is 0. The topological polar surface area (TPSA) is 12.9 Å². The van der Waals surface area contributed by atoms with E-state index < -0.39 is 0 Å². The second kappa shape index (κ2) is 6.69. The van der Waals surface area contributed by atoms with Crippen molar-refractivity contribution in [1.82, 2.24) is 4.98 Å². The maximum Gasteiger partial charge on any atom is 0.0702 e. The third-order valence-electron chi connectivity index (χ3n) is 9.71. The minimum atomic E-state index is 0.381. The number of pyridine rings is 1. The Morgan fingerprint density at radius 2 is 1.86 bits per heavy atom. The van der Waals surface area contributed by atoms with Crippen molar-refractivity contribution in [2.75, 3.05) is 0 Å². The zero-order valence-corrected chi connectivity index (χ0v) is 18.1. The van der Waals surface area contributed by atoms with Gasteiger partial charge >= 0.3 is 0 Å². The van der Waals surface area contributed by atoms with Crippen LogP contribution in [0.1, 0.15) is 70.8 Å². The smallest absolute Gasteiger partial charge is 0.0702 e. The summed E-state index contributed by atoms with van der Waals surface area (Å²) < 4.78 is 0. The molecule has 152 valence electrons. The van der Waals surface area contributed by atoms with Crippen LogP contribution >= 0.6 is 0 Å². The number of benzene rings is 1. The average molecular weight is 386 g/mol. The Kier molecular flexibility index (Phi) is 4.19. The number of nitrogens with zero attached hydrogens (tertiary/aromatic N) is 1. The molecule has 0 bridgehead atoms. The molecule has 0 aliphatic heterocycles. The first-order valence-electron chi connectivity index (χ1n) is 12.2. The lowest BCUT2D eigenvalue weighted by Gasteiger charge is -2.56. The summed E-state index contributed by atoms with van der Waals surface area (Å²) in [5, 5.41) is 1.28. The van der Waals surface area contributed by atoms with Crippen molar-refractivity contribution < 1.29 is 0 Å². The average Bonchev–Trinajstić information content (AvgIpc) is 3.10. The Morgan fingerprint density at radius 3 is 2.79 bits per heavy atom. The molecule has 3 saturated carbocycles. The normalized spacial score (nSPS) is 41.4. The summed E-state index contributed by atoms with van der Waals surface area (Å²) in [6, 6.07) is 11.2. The van der Waals surface area contributed by atoms with Crippen LogP contribution in [0.5, 0.6) is 0 Å². The van der Waals surface area contributed by atoms with E-state index in [1.807, 2.05) is 6.20 Å². The molecule has 1 aromatic carbocycles. The predicted molar refractivity (Wildman–Crippen MR) is 121 cm³/mol. The molecule has 1 nitrogen and oxygen atoms in total. The molecule has 0 saturated heterocycles. The first-order chi connectivity index (χ1) is 14.1. The molecule has 0 amide bonds. The molecular weight excluding hydrogens is 350 g/mol. The van der Waals surface area contributed by atoms with E-state index >= 15 is 0 Å². The van der Waals surface area contributed by atoms with E-state index in [-0.39, 0.29) is 0 Å². The lowest BCUT2D eigenvalue weighted by molar-refractivity contribution is -0.0443. The van der Waals surface area contributed by atoms with Gasteiger partial charge in [-0.05, 0) is 115 Å². The van der Waals surface area contributed by atoms with Gasteiger partial charge in [0.05, 0.1) is 5.52 Å². The van der Waals surface area contributed by atoms with Gasteiger partial charge < -0.3 is 0 Å². The molecule has 1 heterocycles. The molecule has 3 fully saturated rings. The Labute approximate surface area is 176 Å². The fourth-order valence-electron chi connectivity index (χ4n) is 8.35. The molecule has 0 unspecified atom stereocenters. The minimum absolute atomic E-state index is 0.381. The van der Waals surface area contributed by atoms with Crippen LogP contribution in [0, 0.1) is 40.9 Å². The highest BCUT2D eigenvalue weighted by Crippen LogP contribution is 2.64. The van der Waals surface area contributed by atoms with E-state index in [0.717, 1.165) is 41.0 Å². The van der Waals surface area contributed by atoms with E-state index in [4.69, 9.17) is 0 Å². The molecule has 7 atom stereocenters. The summed E-state index contributed by atoms with van der Waals surface area (Å²) in [5.74, 6) is 5.94. The van der Waals surface area contributed by atoms with Crippen LogP contribution in [0.15, 0.2) is 42.6 Å². The third-order valence-corrected chi connectivity index (χ3v) is 9.71. The van der Waals surface area contributed by atoms with Crippen molar-refractivity contribution in [3.63, 3.8) is 0 Å². The van der Waals surface area contributed by atoms with Crippen molar-refractivity contribution in [2.24, 2.45) is 40.9 Å². The quantitative estimate of drug-likeness (QED) is 0.495. The number of rotatable bonds is 1. The van der Waals surface area contributed by atoms with Crippen LogP contribution < -0.4 is 0 Å². The SMILES string of the molecule is C[C@H]1CC[C@H]2[C@@H](CC[C@@H]3[C@@H]2CC[C@]2(C)C(c4ccc5ncccc5c4)=CC[C@@H]32)C1. The Hall–Kier alpha value is -1.63. The molecule has 6 rings (SSSR count). The van der Waals surface area contributed by atoms with Crippen LogP contribution in [0.4, 0.5) is 0 Å². The van der Waals surface area contributed by atoms with Crippen molar-refractivity contribution in [1.29, 1.82) is 0 Å². The Bertz CT molecular complexity index is 958. The van der Waals surface area contributed by atoms with E-state index in [9.17, 15) is 0 Å². The summed E-state index contributed by atoms with van der Waals surface area (Å²) in [6.45, 7) is 5.10. The van der Waals surface area contributed by atoms with E-state index in [1.54, 1.807) is 5.57 Å². The number of allylic oxidation sites excluding steroid dienone is 2. The van der Waals surface area contributed by atoms with Gasteiger partial charge in [-0.1, -0.05) is 38.5 Å². The highest BCUT2D eigenvalue weighted by atomic mass is 14.6. The second-order valence-electron chi connectivity index (χ2n) is 11.1. The predicted octanol–water partition coefficient (Wildman–Crippen LogP) is 7.52. The molecule has 0 N–H and O–H groups in total. The van der Waals surface area contributed by atoms with E-state index in [0.29, 0.717) is 5.41 Å². The second-order valence-corrected chi connectivity index (χ2v) is 11.1. The van der Waals surface area contributed by atoms with Gasteiger partial charge in [0.25, 0.3) is 0 Å². The summed E-state index contributed by atoms with van der Waals surface area (Å²) in [4.78, 5) is 4.53. The van der Waals surface area contributed by atoms with Gasteiger partial charge in [-0.15, -0.1) is 0 Å². The van der Waals surface area contributed by atoms with Crippen LogP contribution in [0.25, 0.3) is 16.5 Å². The zero-order chi connectivity index (χ0) is 19.6. The lowest BCUT2D eigenvalue weighted by atomic mass is 9.49. The van der Waals surface area contributed by atoms with Crippen molar-refractivity contribution in [3.05, 3.63) is 48.2 Å². The standard InChI is InChI=1S/C28H35N/c1-18-5-8-22-19(16-18)6-9-24-23(22)13-14-28(2)25(10-11-26(24)28)20-7-12-27-21(17-20)4-3-15-29-27/h3-4,7,10,12,15,17-19,22-24,26H,5-6,8-9,11,13-14,16H2,1-2H3/t18-,19-,22-,23+,24+,26-,28+/m0/s1. The molecule has 1 heteroatoms. The zero-order valence-electron chi connectivity index (χ0n) is 18.1. The van der Waals surface area contributed by atoms with Gasteiger partial charge in [0.1, 0.15) is 0 Å². The molecule has 0 radical (unpaired) electrons. The van der Waals surface area contributed by atoms with Gasteiger partial charge in [-0.3, -0.25) is 4.98 Å². The first kappa shape index (κ1) is 18.2. The van der Waals surface area contributed by atoms with Crippen LogP contribution in [-0.2, 0) is 0 Å². The number of hydrogen-bond acceptors (Lipinski definition) is 1. The van der Waals surface area contributed by atoms with Gasteiger partial charge in [-0.25, -0.2) is 0 Å². The van der Waals surface area contributed by atoms with Crippen LogP contribution in [-0.4, -0.2) is 4.98 Å². The van der Waals surface area contributed by atoms with Gasteiger partial charge in [0.2, 0.25) is 0 Å². The van der Waals surface area contributed by atoms with Crippen molar-refractivity contribution >= 4 is 16.5 Å². The van der Waals surface area contributed by atoms with Crippen LogP contribution in [0.2, 0.25) is 0 Å². The summed E-state index contributed by atoms with van der Waals surface area (Å²) in [6.07, 6.45) is 16.2.